The van der Waals surface area contributed by atoms with Gasteiger partial charge in [-0.05, 0) is 92.0 Å². The van der Waals surface area contributed by atoms with Crippen LogP contribution in [0.3, 0.4) is 0 Å². The summed E-state index contributed by atoms with van der Waals surface area (Å²) in [5.74, 6) is -2.87. The first kappa shape index (κ1) is 36.8. The van der Waals surface area contributed by atoms with E-state index >= 15 is 0 Å². The van der Waals surface area contributed by atoms with E-state index < -0.39 is 49.9 Å². The van der Waals surface area contributed by atoms with Crippen molar-refractivity contribution >= 4 is 39.3 Å². The summed E-state index contributed by atoms with van der Waals surface area (Å²) in [6.45, 7) is 11.9. The molecule has 3 aliphatic carbocycles. The average molecular weight is 718 g/mol. The number of hydrogen-bond acceptors (Lipinski definition) is 8. The number of amides is 2. The first-order valence-electron chi connectivity index (χ1n) is 18.3. The van der Waals surface area contributed by atoms with Crippen LogP contribution < -0.4 is 9.62 Å². The summed E-state index contributed by atoms with van der Waals surface area (Å²) < 4.78 is 33.4. The van der Waals surface area contributed by atoms with E-state index in [0.29, 0.717) is 19.3 Å². The Morgan fingerprint density at radius 3 is 2.27 bits per heavy atom. The first-order chi connectivity index (χ1) is 24.1. The predicted molar refractivity (Wildman–Crippen MR) is 196 cm³/mol. The number of ether oxygens (including phenoxy) is 1. The Kier molecular flexibility index (Phi) is 10.2. The van der Waals surface area contributed by atoms with Crippen LogP contribution in [0.15, 0.2) is 61.2 Å². The molecule has 274 valence electrons. The lowest BCUT2D eigenvalue weighted by molar-refractivity contribution is -0.156. The minimum Gasteiger partial charge on any atom is -0.462 e. The smallest absolute Gasteiger partial charge is 0.306 e. The van der Waals surface area contributed by atoms with Crippen molar-refractivity contribution in [3.8, 4) is 11.1 Å². The molecule has 2 amide bonds. The third-order valence-electron chi connectivity index (χ3n) is 11.3. The van der Waals surface area contributed by atoms with Gasteiger partial charge in [-0.3, -0.25) is 23.9 Å². The number of rotatable bonds is 13. The molecule has 0 radical (unpaired) electrons. The fourth-order valence-electron chi connectivity index (χ4n) is 7.76. The van der Waals surface area contributed by atoms with Gasteiger partial charge in [0, 0.05) is 18.7 Å². The third kappa shape index (κ3) is 7.93. The number of Topliss-reactive ketones (excluding diaryl/α,β-unsaturated/α-hetero) is 1. The standard InChI is InChI=1S/C40H51N3O7S/c1-6-28-22-40(28,38(47)41-51(48,49)31-19-20-31)23-35(44)34-24-42(29-17-15-27(16-18-29)32-14-10-7-11-26(32)2)25-43(34)37(46)33(39(3,4)5)21-36(45)50-30-12-8-9-13-30/h6-7,10-11,14-18,28,30-31,33-34H,1,8-9,12-13,19-25H2,2-5H3,(H,41,47)/t28-,33-,34+,40-/m1/s1. The van der Waals surface area contributed by atoms with Gasteiger partial charge in [0.1, 0.15) is 12.1 Å². The Labute approximate surface area is 302 Å². The van der Waals surface area contributed by atoms with Gasteiger partial charge in [-0.2, -0.15) is 0 Å². The number of ketones is 1. The van der Waals surface area contributed by atoms with Gasteiger partial charge in [0.25, 0.3) is 0 Å². The minimum atomic E-state index is -3.82. The van der Waals surface area contributed by atoms with E-state index in [1.807, 2.05) is 62.1 Å². The van der Waals surface area contributed by atoms with Crippen LogP contribution in [0.2, 0.25) is 0 Å². The Bertz CT molecular complexity index is 1790. The number of nitrogens with zero attached hydrogens (tertiary/aromatic N) is 2. The highest BCUT2D eigenvalue weighted by atomic mass is 32.2. The van der Waals surface area contributed by atoms with Crippen molar-refractivity contribution in [2.45, 2.75) is 103 Å². The van der Waals surface area contributed by atoms with E-state index in [1.165, 1.54) is 0 Å². The lowest BCUT2D eigenvalue weighted by Crippen LogP contribution is -2.49. The molecule has 6 rings (SSSR count). The maximum absolute atomic E-state index is 14.6. The Balaban J connectivity index is 1.27. The Hall–Kier alpha value is -3.99. The number of allylic oxidation sites excluding steroid dienone is 1. The monoisotopic (exact) mass is 717 g/mol. The summed E-state index contributed by atoms with van der Waals surface area (Å²) in [5.41, 5.74) is 2.27. The number of anilines is 1. The number of benzene rings is 2. The number of esters is 1. The summed E-state index contributed by atoms with van der Waals surface area (Å²) in [4.78, 5) is 59.2. The zero-order valence-electron chi connectivity index (χ0n) is 30.2. The van der Waals surface area contributed by atoms with Crippen molar-refractivity contribution in [2.24, 2.45) is 22.7 Å². The van der Waals surface area contributed by atoms with E-state index in [-0.39, 0.29) is 49.8 Å². The van der Waals surface area contributed by atoms with E-state index in [0.717, 1.165) is 48.1 Å². The van der Waals surface area contributed by atoms with E-state index in [1.54, 1.807) is 11.0 Å². The van der Waals surface area contributed by atoms with Crippen LogP contribution in [-0.4, -0.2) is 67.5 Å². The molecular formula is C40H51N3O7S. The molecule has 4 aliphatic rings. The SMILES string of the molecule is C=C[C@@H]1C[C@]1(CC(=O)[C@@H]1CN(c2ccc(-c3ccccc3C)cc2)CN1C(=O)[C@@H](CC(=O)OC1CCCC1)C(C)(C)C)C(=O)NS(=O)(=O)C1CC1. The van der Waals surface area contributed by atoms with Gasteiger partial charge in [-0.15, -0.1) is 6.58 Å². The number of carbonyl (C=O) groups excluding carboxylic acids is 4. The molecule has 2 aromatic carbocycles. The van der Waals surface area contributed by atoms with Crippen LogP contribution in [-0.2, 0) is 33.9 Å². The number of aryl methyl sites for hydroxylation is 1. The zero-order valence-corrected chi connectivity index (χ0v) is 31.0. The van der Waals surface area contributed by atoms with Crippen molar-refractivity contribution in [1.29, 1.82) is 0 Å². The fraction of sp³-hybridized carbons (Fsp3) is 0.550. The van der Waals surface area contributed by atoms with E-state index in [4.69, 9.17) is 4.74 Å². The first-order valence-corrected chi connectivity index (χ1v) is 19.8. The highest BCUT2D eigenvalue weighted by molar-refractivity contribution is 7.90. The number of sulfonamides is 1. The van der Waals surface area contributed by atoms with Gasteiger partial charge in [-0.1, -0.05) is 63.2 Å². The fourth-order valence-corrected chi connectivity index (χ4v) is 9.15. The molecule has 0 bridgehead atoms. The van der Waals surface area contributed by atoms with Crippen LogP contribution >= 0.6 is 0 Å². The summed E-state index contributed by atoms with van der Waals surface area (Å²) in [6.07, 6.45) is 6.11. The predicted octanol–water partition coefficient (Wildman–Crippen LogP) is 5.93. The second-order valence-corrected chi connectivity index (χ2v) is 18.1. The molecule has 0 unspecified atom stereocenters. The summed E-state index contributed by atoms with van der Waals surface area (Å²) in [7, 11) is -3.82. The maximum Gasteiger partial charge on any atom is 0.306 e. The molecule has 1 heterocycles. The maximum atomic E-state index is 14.6. The third-order valence-corrected chi connectivity index (χ3v) is 13.1. The molecule has 1 saturated heterocycles. The van der Waals surface area contributed by atoms with Crippen LogP contribution in [0.5, 0.6) is 0 Å². The van der Waals surface area contributed by atoms with Gasteiger partial charge in [0.15, 0.2) is 5.78 Å². The minimum absolute atomic E-state index is 0.106. The van der Waals surface area contributed by atoms with Crippen LogP contribution in [0.4, 0.5) is 5.69 Å². The molecule has 4 atom stereocenters. The zero-order chi connectivity index (χ0) is 36.7. The van der Waals surface area contributed by atoms with Crippen molar-refractivity contribution < 1.29 is 32.3 Å². The summed E-state index contributed by atoms with van der Waals surface area (Å²) in [6, 6.07) is 15.2. The number of nitrogens with one attached hydrogen (secondary N) is 1. The van der Waals surface area contributed by atoms with Crippen LogP contribution in [0, 0.1) is 29.6 Å². The quantitative estimate of drug-likeness (QED) is 0.199. The van der Waals surface area contributed by atoms with Crippen molar-refractivity contribution in [1.82, 2.24) is 9.62 Å². The molecule has 4 fully saturated rings. The molecule has 11 heteroatoms. The molecule has 0 spiro atoms. The molecule has 0 aromatic heterocycles. The van der Waals surface area contributed by atoms with Gasteiger partial charge in [-0.25, -0.2) is 8.42 Å². The lowest BCUT2D eigenvalue weighted by atomic mass is 9.77. The van der Waals surface area contributed by atoms with Crippen molar-refractivity contribution in [2.75, 3.05) is 18.1 Å². The topological polar surface area (TPSA) is 130 Å². The number of hydrogen-bond donors (Lipinski definition) is 1. The van der Waals surface area contributed by atoms with Gasteiger partial charge < -0.3 is 14.5 Å². The Morgan fingerprint density at radius 2 is 1.69 bits per heavy atom. The largest absolute Gasteiger partial charge is 0.462 e. The highest BCUT2D eigenvalue weighted by Gasteiger charge is 2.61. The second-order valence-electron chi connectivity index (χ2n) is 16.1. The second kappa shape index (κ2) is 14.2. The molecule has 1 N–H and O–H groups in total. The van der Waals surface area contributed by atoms with Gasteiger partial charge in [0.05, 0.1) is 29.7 Å². The average Bonchev–Trinajstić information content (AvgIpc) is 3.96. The van der Waals surface area contributed by atoms with Crippen LogP contribution in [0.25, 0.3) is 11.1 Å². The van der Waals surface area contributed by atoms with E-state index in [9.17, 15) is 27.6 Å². The molecule has 10 nitrogen and oxygen atoms in total. The molecule has 3 saturated carbocycles. The molecular weight excluding hydrogens is 667 g/mol. The van der Waals surface area contributed by atoms with E-state index in [2.05, 4.69) is 30.4 Å². The Morgan fingerprint density at radius 1 is 1.02 bits per heavy atom. The van der Waals surface area contributed by atoms with Gasteiger partial charge in [0.2, 0.25) is 21.8 Å². The lowest BCUT2D eigenvalue weighted by Gasteiger charge is -2.34. The van der Waals surface area contributed by atoms with Crippen molar-refractivity contribution in [3.63, 3.8) is 0 Å². The van der Waals surface area contributed by atoms with Gasteiger partial charge >= 0.3 is 5.97 Å². The normalized spacial score (nSPS) is 24.2. The molecule has 1 aliphatic heterocycles. The summed E-state index contributed by atoms with van der Waals surface area (Å²) >= 11 is 0. The highest BCUT2D eigenvalue weighted by Crippen LogP contribution is 2.57. The van der Waals surface area contributed by atoms with Crippen molar-refractivity contribution in [3.05, 3.63) is 66.7 Å². The summed E-state index contributed by atoms with van der Waals surface area (Å²) in [5, 5.41) is -0.585. The molecule has 51 heavy (non-hydrogen) atoms. The number of carbonyl (C=O) groups is 4. The van der Waals surface area contributed by atoms with Crippen LogP contribution in [0.1, 0.15) is 84.1 Å². The molecule has 2 aromatic rings.